The van der Waals surface area contributed by atoms with Gasteiger partial charge in [0.15, 0.2) is 0 Å². The number of anilines is 1. The van der Waals surface area contributed by atoms with E-state index in [4.69, 9.17) is 11.5 Å². The van der Waals surface area contributed by atoms with Crippen molar-refractivity contribution in [2.24, 2.45) is 5.73 Å². The molecule has 21 heavy (non-hydrogen) atoms. The second-order valence-electron chi connectivity index (χ2n) is 4.92. The molecule has 0 atom stereocenters. The summed E-state index contributed by atoms with van der Waals surface area (Å²) in [6.07, 6.45) is 3.44. The molecular weight excluding hydrogens is 329 g/mol. The summed E-state index contributed by atoms with van der Waals surface area (Å²) in [5.41, 5.74) is 16.0. The van der Waals surface area contributed by atoms with E-state index in [0.29, 0.717) is 16.9 Å². The number of rotatable bonds is 3. The molecule has 0 spiro atoms. The third kappa shape index (κ3) is 2.44. The van der Waals surface area contributed by atoms with Gasteiger partial charge in [-0.15, -0.1) is 0 Å². The standard InChI is InChI=1S/C15H15N5Se/c1-9-4-2-3-5-10(9)6-20-7-11(14(17)21)12-13(16)18-8-19-15(12)20/h2-5,7-8H,6H2,1H3,(H2,17,21)(H2,16,18,19). The minimum atomic E-state index is 0.441. The van der Waals surface area contributed by atoms with Crippen LogP contribution in [0.1, 0.15) is 16.7 Å². The Morgan fingerprint density at radius 2 is 2.05 bits per heavy atom. The van der Waals surface area contributed by atoms with Gasteiger partial charge in [0.25, 0.3) is 0 Å². The molecule has 1 aromatic carbocycles. The van der Waals surface area contributed by atoms with Crippen molar-refractivity contribution in [3.05, 3.63) is 53.5 Å². The van der Waals surface area contributed by atoms with Crippen LogP contribution in [0.3, 0.4) is 0 Å². The zero-order valence-electron chi connectivity index (χ0n) is 11.6. The van der Waals surface area contributed by atoms with Gasteiger partial charge in [-0.1, -0.05) is 0 Å². The van der Waals surface area contributed by atoms with Crippen LogP contribution in [0.25, 0.3) is 11.0 Å². The molecule has 3 rings (SSSR count). The molecule has 0 saturated carbocycles. The van der Waals surface area contributed by atoms with Gasteiger partial charge in [0.05, 0.1) is 0 Å². The third-order valence-electron chi connectivity index (χ3n) is 3.55. The summed E-state index contributed by atoms with van der Waals surface area (Å²) in [7, 11) is 0. The van der Waals surface area contributed by atoms with Crippen LogP contribution in [0.5, 0.6) is 0 Å². The summed E-state index contributed by atoms with van der Waals surface area (Å²) in [4.78, 5) is 8.42. The fraction of sp³-hybridized carbons (Fsp3) is 0.133. The first kappa shape index (κ1) is 13.8. The average molecular weight is 344 g/mol. The Bertz CT molecular complexity index is 837. The topological polar surface area (TPSA) is 82.8 Å². The predicted octanol–water partition coefficient (Wildman–Crippen LogP) is 0.975. The number of fused-ring (bicyclic) bond motifs is 1. The first-order chi connectivity index (χ1) is 10.1. The van der Waals surface area contributed by atoms with Gasteiger partial charge < -0.3 is 0 Å². The van der Waals surface area contributed by atoms with Gasteiger partial charge in [0.1, 0.15) is 0 Å². The summed E-state index contributed by atoms with van der Waals surface area (Å²) < 4.78 is 2.64. The molecule has 6 heteroatoms. The van der Waals surface area contributed by atoms with E-state index in [9.17, 15) is 0 Å². The fourth-order valence-corrected chi connectivity index (χ4v) is 2.75. The number of nitrogens with two attached hydrogens (primary N) is 2. The van der Waals surface area contributed by atoms with E-state index in [-0.39, 0.29) is 0 Å². The van der Waals surface area contributed by atoms with Crippen LogP contribution in [-0.4, -0.2) is 34.7 Å². The number of aryl methyl sites for hydroxylation is 1. The fourth-order valence-electron chi connectivity index (χ4n) is 2.43. The van der Waals surface area contributed by atoms with Crippen molar-refractivity contribution in [2.75, 3.05) is 5.73 Å². The monoisotopic (exact) mass is 345 g/mol. The number of hydrogen-bond donors (Lipinski definition) is 2. The maximum atomic E-state index is 5.98. The number of nitrogen functional groups attached to an aromatic ring is 1. The first-order valence-electron chi connectivity index (χ1n) is 6.51. The molecule has 0 saturated heterocycles. The molecule has 0 unspecified atom stereocenters. The molecule has 106 valence electrons. The summed E-state index contributed by atoms with van der Waals surface area (Å²) in [5, 5.41) is 0.794. The van der Waals surface area contributed by atoms with Crippen molar-refractivity contribution in [2.45, 2.75) is 13.5 Å². The summed E-state index contributed by atoms with van der Waals surface area (Å²) >= 11 is 2.83. The van der Waals surface area contributed by atoms with Crippen LogP contribution in [-0.2, 0) is 6.54 Å². The molecule has 0 amide bonds. The van der Waals surface area contributed by atoms with E-state index >= 15 is 0 Å². The van der Waals surface area contributed by atoms with E-state index in [2.05, 4.69) is 49.2 Å². The molecule has 0 bridgehead atoms. The van der Waals surface area contributed by atoms with Crippen LogP contribution in [0, 0.1) is 6.92 Å². The van der Waals surface area contributed by atoms with Gasteiger partial charge in [0, 0.05) is 0 Å². The van der Waals surface area contributed by atoms with E-state index in [1.54, 1.807) is 0 Å². The maximum absolute atomic E-state index is 5.98. The Labute approximate surface area is 130 Å². The SMILES string of the molecule is Cc1ccccc1Cn1cc(C(N)=[Se])c2c(N)ncnc21. The number of aromatic nitrogens is 3. The first-order valence-corrected chi connectivity index (χ1v) is 7.37. The second-order valence-corrected chi connectivity index (χ2v) is 5.84. The molecule has 0 radical (unpaired) electrons. The molecule has 2 aromatic heterocycles. The normalized spacial score (nSPS) is 10.9. The van der Waals surface area contributed by atoms with Gasteiger partial charge in [-0.3, -0.25) is 0 Å². The Balaban J connectivity index is 2.18. The Morgan fingerprint density at radius 3 is 2.76 bits per heavy atom. The number of nitrogens with zero attached hydrogens (tertiary/aromatic N) is 3. The Morgan fingerprint density at radius 1 is 1.29 bits per heavy atom. The van der Waals surface area contributed by atoms with Gasteiger partial charge in [0.2, 0.25) is 0 Å². The zero-order valence-corrected chi connectivity index (χ0v) is 13.3. The van der Waals surface area contributed by atoms with Crippen LogP contribution in [0.15, 0.2) is 36.8 Å². The van der Waals surface area contributed by atoms with E-state index in [1.807, 2.05) is 18.3 Å². The molecule has 5 nitrogen and oxygen atoms in total. The molecular formula is C15H15N5Se. The van der Waals surface area contributed by atoms with Gasteiger partial charge in [-0.25, -0.2) is 0 Å². The van der Waals surface area contributed by atoms with Crippen molar-refractivity contribution >= 4 is 37.0 Å². The quantitative estimate of drug-likeness (QED) is 0.694. The second kappa shape index (κ2) is 5.31. The van der Waals surface area contributed by atoms with Crippen molar-refractivity contribution in [1.82, 2.24) is 14.5 Å². The van der Waals surface area contributed by atoms with Gasteiger partial charge >= 0.3 is 130 Å². The van der Waals surface area contributed by atoms with E-state index in [0.717, 1.165) is 16.6 Å². The van der Waals surface area contributed by atoms with Crippen molar-refractivity contribution in [3.63, 3.8) is 0 Å². The van der Waals surface area contributed by atoms with Crippen LogP contribution in [0.2, 0.25) is 0 Å². The summed E-state index contributed by atoms with van der Waals surface area (Å²) in [6.45, 7) is 2.81. The molecule has 3 aromatic rings. The Hall–Kier alpha value is -2.17. The third-order valence-corrected chi connectivity index (χ3v) is 4.01. The predicted molar refractivity (Wildman–Crippen MR) is 86.3 cm³/mol. The zero-order chi connectivity index (χ0) is 15.0. The van der Waals surface area contributed by atoms with Crippen molar-refractivity contribution in [3.8, 4) is 0 Å². The summed E-state index contributed by atoms with van der Waals surface area (Å²) in [6, 6.07) is 8.27. The van der Waals surface area contributed by atoms with Crippen LogP contribution >= 0.6 is 0 Å². The average Bonchev–Trinajstić information content (AvgIpc) is 2.82. The number of hydrogen-bond acceptors (Lipinski definition) is 4. The molecule has 2 heterocycles. The Kier molecular flexibility index (Phi) is 3.49. The van der Waals surface area contributed by atoms with Gasteiger partial charge in [-0.05, 0) is 0 Å². The summed E-state index contributed by atoms with van der Waals surface area (Å²) in [5.74, 6) is 0.441. The van der Waals surface area contributed by atoms with Crippen molar-refractivity contribution < 1.29 is 0 Å². The molecule has 0 aliphatic heterocycles. The van der Waals surface area contributed by atoms with Crippen molar-refractivity contribution in [1.29, 1.82) is 0 Å². The molecule has 0 aliphatic rings. The van der Waals surface area contributed by atoms with Gasteiger partial charge in [-0.2, -0.15) is 0 Å². The number of benzene rings is 1. The van der Waals surface area contributed by atoms with E-state index < -0.39 is 0 Å². The molecule has 4 N–H and O–H groups in total. The molecule has 0 aliphatic carbocycles. The van der Waals surface area contributed by atoms with Crippen LogP contribution < -0.4 is 11.5 Å². The van der Waals surface area contributed by atoms with E-state index in [1.165, 1.54) is 17.5 Å². The molecule has 0 fully saturated rings. The van der Waals surface area contributed by atoms with Crippen LogP contribution in [0.4, 0.5) is 5.82 Å². The minimum absolute atomic E-state index is 0.441.